The lowest BCUT2D eigenvalue weighted by Crippen LogP contribution is -2.29. The fraction of sp³-hybridized carbons (Fsp3) is 1.00. The highest BCUT2D eigenvalue weighted by Gasteiger charge is 2.46. The van der Waals surface area contributed by atoms with E-state index in [4.69, 9.17) is 9.47 Å². The van der Waals surface area contributed by atoms with E-state index in [1.807, 2.05) is 13.8 Å². The van der Waals surface area contributed by atoms with Crippen molar-refractivity contribution in [2.75, 3.05) is 19.6 Å². The normalized spacial score (nSPS) is 40.2. The Morgan fingerprint density at radius 2 is 1.75 bits per heavy atom. The molecule has 0 bridgehead atoms. The topological polar surface area (TPSA) is 21.7 Å². The van der Waals surface area contributed by atoms with Gasteiger partial charge in [0.1, 0.15) is 12.2 Å². The van der Waals surface area contributed by atoms with Crippen LogP contribution in [-0.2, 0) is 9.47 Å². The second kappa shape index (κ2) is 2.69. The van der Waals surface area contributed by atoms with E-state index in [0.717, 1.165) is 19.6 Å². The minimum Gasteiger partial charge on any atom is -0.343 e. The molecule has 0 aromatic heterocycles. The lowest BCUT2D eigenvalue weighted by molar-refractivity contribution is -0.155. The summed E-state index contributed by atoms with van der Waals surface area (Å²) in [6.07, 6.45) is 0.611. The van der Waals surface area contributed by atoms with Gasteiger partial charge in [-0.3, -0.25) is 4.90 Å². The quantitative estimate of drug-likeness (QED) is 0.583. The molecule has 2 aliphatic rings. The number of rotatable bonds is 1. The Kier molecular flexibility index (Phi) is 1.90. The van der Waals surface area contributed by atoms with E-state index in [9.17, 15) is 0 Å². The largest absolute Gasteiger partial charge is 0.343 e. The molecule has 2 fully saturated rings. The van der Waals surface area contributed by atoms with Crippen molar-refractivity contribution in [3.8, 4) is 0 Å². The first-order valence-electron chi connectivity index (χ1n) is 4.69. The smallest absolute Gasteiger partial charge is 0.163 e. The molecule has 0 aliphatic carbocycles. The Labute approximate surface area is 73.6 Å². The molecule has 0 saturated carbocycles. The van der Waals surface area contributed by atoms with E-state index < -0.39 is 0 Å². The Balaban J connectivity index is 1.97. The SMILES string of the molecule is CCN1CC2OC(C)(C)OC2C1. The van der Waals surface area contributed by atoms with Gasteiger partial charge in [-0.25, -0.2) is 0 Å². The van der Waals surface area contributed by atoms with Crippen LogP contribution in [0.1, 0.15) is 20.8 Å². The van der Waals surface area contributed by atoms with Crippen LogP contribution in [0.3, 0.4) is 0 Å². The van der Waals surface area contributed by atoms with Crippen LogP contribution < -0.4 is 0 Å². The van der Waals surface area contributed by atoms with Gasteiger partial charge in [-0.2, -0.15) is 0 Å². The Hall–Kier alpha value is -0.120. The highest BCUT2D eigenvalue weighted by molar-refractivity contribution is 4.91. The van der Waals surface area contributed by atoms with E-state index in [1.165, 1.54) is 0 Å². The fourth-order valence-electron chi connectivity index (χ4n) is 2.06. The van der Waals surface area contributed by atoms with Crippen LogP contribution in [0.25, 0.3) is 0 Å². The van der Waals surface area contributed by atoms with Gasteiger partial charge in [-0.1, -0.05) is 6.92 Å². The minimum atomic E-state index is -0.352. The van der Waals surface area contributed by atoms with E-state index in [1.54, 1.807) is 0 Å². The molecule has 12 heavy (non-hydrogen) atoms. The van der Waals surface area contributed by atoms with Crippen LogP contribution in [0.5, 0.6) is 0 Å². The van der Waals surface area contributed by atoms with Gasteiger partial charge in [-0.05, 0) is 20.4 Å². The second-order valence-corrected chi connectivity index (χ2v) is 4.06. The molecule has 0 spiro atoms. The number of likely N-dealkylation sites (tertiary alicyclic amines) is 1. The molecular weight excluding hydrogens is 154 g/mol. The fourth-order valence-corrected chi connectivity index (χ4v) is 2.06. The molecular formula is C9H17NO2. The van der Waals surface area contributed by atoms with Crippen LogP contribution in [-0.4, -0.2) is 42.5 Å². The van der Waals surface area contributed by atoms with E-state index in [-0.39, 0.29) is 5.79 Å². The first-order chi connectivity index (χ1) is 5.61. The van der Waals surface area contributed by atoms with Gasteiger partial charge in [0.2, 0.25) is 0 Å². The predicted molar refractivity (Wildman–Crippen MR) is 45.9 cm³/mol. The molecule has 2 atom stereocenters. The van der Waals surface area contributed by atoms with Gasteiger partial charge >= 0.3 is 0 Å². The summed E-state index contributed by atoms with van der Waals surface area (Å²) in [6.45, 7) is 9.31. The Morgan fingerprint density at radius 1 is 1.25 bits per heavy atom. The van der Waals surface area contributed by atoms with E-state index >= 15 is 0 Å². The molecule has 2 aliphatic heterocycles. The number of nitrogens with zero attached hydrogens (tertiary/aromatic N) is 1. The van der Waals surface area contributed by atoms with Crippen molar-refractivity contribution in [1.82, 2.24) is 4.90 Å². The summed E-state index contributed by atoms with van der Waals surface area (Å²) in [4.78, 5) is 2.37. The van der Waals surface area contributed by atoms with Crippen molar-refractivity contribution in [1.29, 1.82) is 0 Å². The van der Waals surface area contributed by atoms with Gasteiger partial charge in [0.15, 0.2) is 5.79 Å². The summed E-state index contributed by atoms with van der Waals surface area (Å²) in [5.41, 5.74) is 0. The summed E-state index contributed by atoms with van der Waals surface area (Å²) in [6, 6.07) is 0. The number of hydrogen-bond donors (Lipinski definition) is 0. The number of fused-ring (bicyclic) bond motifs is 1. The van der Waals surface area contributed by atoms with Gasteiger partial charge in [0.05, 0.1) is 0 Å². The average molecular weight is 171 g/mol. The second-order valence-electron chi connectivity index (χ2n) is 4.06. The summed E-state index contributed by atoms with van der Waals surface area (Å²) in [7, 11) is 0. The van der Waals surface area contributed by atoms with Crippen molar-refractivity contribution in [3.05, 3.63) is 0 Å². The molecule has 0 aromatic rings. The zero-order chi connectivity index (χ0) is 8.77. The maximum absolute atomic E-state index is 5.74. The van der Waals surface area contributed by atoms with Crippen molar-refractivity contribution in [2.24, 2.45) is 0 Å². The predicted octanol–water partition coefficient (Wildman–Crippen LogP) is 0.842. The van der Waals surface area contributed by atoms with Crippen molar-refractivity contribution in [2.45, 2.75) is 38.8 Å². The van der Waals surface area contributed by atoms with E-state index in [0.29, 0.717) is 12.2 Å². The molecule has 3 nitrogen and oxygen atoms in total. The molecule has 0 radical (unpaired) electrons. The molecule has 2 heterocycles. The highest BCUT2D eigenvalue weighted by atomic mass is 16.8. The molecule has 70 valence electrons. The van der Waals surface area contributed by atoms with Crippen molar-refractivity contribution < 1.29 is 9.47 Å². The highest BCUT2D eigenvalue weighted by Crippen LogP contribution is 2.32. The Morgan fingerprint density at radius 3 is 2.17 bits per heavy atom. The van der Waals surface area contributed by atoms with Gasteiger partial charge < -0.3 is 9.47 Å². The number of hydrogen-bond acceptors (Lipinski definition) is 3. The molecule has 0 aromatic carbocycles. The average Bonchev–Trinajstić information content (AvgIpc) is 2.40. The molecule has 3 heteroatoms. The minimum absolute atomic E-state index is 0.306. The van der Waals surface area contributed by atoms with E-state index in [2.05, 4.69) is 11.8 Å². The molecule has 2 saturated heterocycles. The maximum atomic E-state index is 5.74. The Bertz CT molecular complexity index is 165. The molecule has 2 unspecified atom stereocenters. The van der Waals surface area contributed by atoms with Gasteiger partial charge in [-0.15, -0.1) is 0 Å². The number of likely N-dealkylation sites (N-methyl/N-ethyl adjacent to an activating group) is 1. The molecule has 2 rings (SSSR count). The first kappa shape index (κ1) is 8.48. The lowest BCUT2D eigenvalue weighted by Gasteiger charge is -2.21. The third kappa shape index (κ3) is 1.37. The maximum Gasteiger partial charge on any atom is 0.163 e. The van der Waals surface area contributed by atoms with Crippen LogP contribution in [0.15, 0.2) is 0 Å². The van der Waals surface area contributed by atoms with Crippen LogP contribution in [0, 0.1) is 0 Å². The zero-order valence-electron chi connectivity index (χ0n) is 8.04. The third-order valence-corrected chi connectivity index (χ3v) is 2.61. The van der Waals surface area contributed by atoms with Crippen molar-refractivity contribution in [3.63, 3.8) is 0 Å². The first-order valence-corrected chi connectivity index (χ1v) is 4.69. The van der Waals surface area contributed by atoms with Gasteiger partial charge in [0, 0.05) is 13.1 Å². The van der Waals surface area contributed by atoms with Gasteiger partial charge in [0.25, 0.3) is 0 Å². The standard InChI is InChI=1S/C9H17NO2/c1-4-10-5-7-8(6-10)12-9(2,3)11-7/h7-8H,4-6H2,1-3H3. The summed E-state index contributed by atoms with van der Waals surface area (Å²) in [5.74, 6) is -0.352. The number of ether oxygens (including phenoxy) is 2. The summed E-state index contributed by atoms with van der Waals surface area (Å²) in [5, 5.41) is 0. The molecule has 0 N–H and O–H groups in total. The van der Waals surface area contributed by atoms with Crippen LogP contribution in [0.4, 0.5) is 0 Å². The van der Waals surface area contributed by atoms with Crippen molar-refractivity contribution >= 4 is 0 Å². The lowest BCUT2D eigenvalue weighted by atomic mass is 10.3. The van der Waals surface area contributed by atoms with Crippen LogP contribution >= 0.6 is 0 Å². The molecule has 0 amide bonds. The van der Waals surface area contributed by atoms with Crippen LogP contribution in [0.2, 0.25) is 0 Å². The summed E-state index contributed by atoms with van der Waals surface area (Å²) >= 11 is 0. The monoisotopic (exact) mass is 171 g/mol. The summed E-state index contributed by atoms with van der Waals surface area (Å²) < 4.78 is 11.5. The zero-order valence-corrected chi connectivity index (χ0v) is 8.04. The third-order valence-electron chi connectivity index (χ3n) is 2.61.